The van der Waals surface area contributed by atoms with Crippen LogP contribution in [-0.2, 0) is 19.9 Å². The Morgan fingerprint density at radius 3 is 2.50 bits per heavy atom. The smallest absolute Gasteiger partial charge is 0.251 e. The summed E-state index contributed by atoms with van der Waals surface area (Å²) in [6.07, 6.45) is 3.57. The fourth-order valence-corrected chi connectivity index (χ4v) is 6.01. The van der Waals surface area contributed by atoms with Crippen LogP contribution in [0.2, 0.25) is 0 Å². The number of hydrogen-bond acceptors (Lipinski definition) is 6. The van der Waals surface area contributed by atoms with E-state index in [1.165, 1.54) is 24.3 Å². The van der Waals surface area contributed by atoms with Crippen LogP contribution in [-0.4, -0.2) is 45.3 Å². The molecule has 8 nitrogen and oxygen atoms in total. The molecule has 0 spiro atoms. The fraction of sp³-hybridized carbons (Fsp3) is 0.333. The molecule has 1 amide bonds. The topological polar surface area (TPSA) is 122 Å². The number of rotatable bonds is 6. The van der Waals surface area contributed by atoms with Crippen LogP contribution < -0.4 is 10.0 Å². The molecule has 2 unspecified atom stereocenters. The Morgan fingerprint density at radius 1 is 1.21 bits per heavy atom. The van der Waals surface area contributed by atoms with Crippen molar-refractivity contribution < 1.29 is 21.6 Å². The minimum Gasteiger partial charge on any atom is -0.345 e. The standard InChI is InChI=1S/C18H21N3O5S2/c1-13(15-3-2-9-19-11-15)20-18(22)14-4-6-17(7-5-14)28(25,26)21-16-8-10-27(23,24)12-16/h2-7,9,11,13,16,21H,8,10,12H2,1H3,(H,20,22). The number of amides is 1. The van der Waals surface area contributed by atoms with E-state index in [4.69, 9.17) is 0 Å². The van der Waals surface area contributed by atoms with Gasteiger partial charge in [-0.1, -0.05) is 6.07 Å². The Labute approximate surface area is 164 Å². The first-order chi connectivity index (χ1) is 13.2. The monoisotopic (exact) mass is 423 g/mol. The molecule has 2 atom stereocenters. The van der Waals surface area contributed by atoms with Crippen LogP contribution in [0, 0.1) is 0 Å². The predicted molar refractivity (Wildman–Crippen MR) is 104 cm³/mol. The van der Waals surface area contributed by atoms with Gasteiger partial charge in [-0.25, -0.2) is 21.6 Å². The average Bonchev–Trinajstić information content (AvgIpc) is 3.00. The minimum absolute atomic E-state index is 0.0194. The van der Waals surface area contributed by atoms with Gasteiger partial charge in [0.1, 0.15) is 0 Å². The Morgan fingerprint density at radius 2 is 1.93 bits per heavy atom. The highest BCUT2D eigenvalue weighted by atomic mass is 32.2. The molecular formula is C18H21N3O5S2. The van der Waals surface area contributed by atoms with Crippen molar-refractivity contribution in [3.8, 4) is 0 Å². The van der Waals surface area contributed by atoms with Gasteiger partial charge in [-0.15, -0.1) is 0 Å². The molecule has 2 N–H and O–H groups in total. The third-order valence-electron chi connectivity index (χ3n) is 4.51. The summed E-state index contributed by atoms with van der Waals surface area (Å²) < 4.78 is 50.3. The first-order valence-electron chi connectivity index (χ1n) is 8.70. The number of carbonyl (C=O) groups excluding carboxylic acids is 1. The first-order valence-corrected chi connectivity index (χ1v) is 12.0. The average molecular weight is 424 g/mol. The van der Waals surface area contributed by atoms with Crippen molar-refractivity contribution in [1.82, 2.24) is 15.0 Å². The molecule has 0 aliphatic carbocycles. The zero-order chi connectivity index (χ0) is 20.4. The van der Waals surface area contributed by atoms with E-state index in [1.54, 1.807) is 18.5 Å². The number of nitrogens with one attached hydrogen (secondary N) is 2. The minimum atomic E-state index is -3.86. The Hall–Kier alpha value is -2.30. The molecule has 1 aromatic heterocycles. The van der Waals surface area contributed by atoms with Crippen molar-refractivity contribution in [3.05, 3.63) is 59.9 Å². The number of benzene rings is 1. The van der Waals surface area contributed by atoms with E-state index in [2.05, 4.69) is 15.0 Å². The summed E-state index contributed by atoms with van der Waals surface area (Å²) in [7, 11) is -7.04. The van der Waals surface area contributed by atoms with E-state index in [0.29, 0.717) is 5.56 Å². The molecule has 2 heterocycles. The van der Waals surface area contributed by atoms with E-state index < -0.39 is 25.9 Å². The lowest BCUT2D eigenvalue weighted by molar-refractivity contribution is 0.0939. The molecule has 1 saturated heterocycles. The van der Waals surface area contributed by atoms with E-state index in [9.17, 15) is 21.6 Å². The van der Waals surface area contributed by atoms with E-state index in [1.807, 2.05) is 13.0 Å². The van der Waals surface area contributed by atoms with Gasteiger partial charge < -0.3 is 5.32 Å². The van der Waals surface area contributed by atoms with Crippen LogP contribution in [0.1, 0.15) is 35.3 Å². The summed E-state index contributed by atoms with van der Waals surface area (Å²) in [5.41, 5.74) is 1.17. The summed E-state index contributed by atoms with van der Waals surface area (Å²) in [5, 5.41) is 2.83. The van der Waals surface area contributed by atoms with Crippen molar-refractivity contribution in [2.75, 3.05) is 11.5 Å². The summed E-state index contributed by atoms with van der Waals surface area (Å²) in [4.78, 5) is 16.4. The van der Waals surface area contributed by atoms with Gasteiger partial charge in [-0.2, -0.15) is 0 Å². The maximum absolute atomic E-state index is 12.4. The van der Waals surface area contributed by atoms with Crippen molar-refractivity contribution >= 4 is 25.8 Å². The van der Waals surface area contributed by atoms with Crippen molar-refractivity contribution in [2.24, 2.45) is 0 Å². The molecule has 150 valence electrons. The molecule has 0 bridgehead atoms. The highest BCUT2D eigenvalue weighted by Crippen LogP contribution is 2.17. The Bertz CT molecular complexity index is 1050. The molecule has 1 aliphatic heterocycles. The van der Waals surface area contributed by atoms with E-state index in [-0.39, 0.29) is 34.8 Å². The summed E-state index contributed by atoms with van der Waals surface area (Å²) >= 11 is 0. The summed E-state index contributed by atoms with van der Waals surface area (Å²) in [6, 6.07) is 8.25. The molecule has 0 saturated carbocycles. The maximum Gasteiger partial charge on any atom is 0.251 e. The molecule has 1 aromatic carbocycles. The van der Waals surface area contributed by atoms with Crippen LogP contribution in [0.4, 0.5) is 0 Å². The third kappa shape index (κ3) is 4.94. The molecule has 1 fully saturated rings. The number of sulfone groups is 1. The van der Waals surface area contributed by atoms with Crippen molar-refractivity contribution in [1.29, 1.82) is 0 Å². The molecule has 3 rings (SSSR count). The number of aromatic nitrogens is 1. The number of nitrogens with zero attached hydrogens (tertiary/aromatic N) is 1. The van der Waals surface area contributed by atoms with Gasteiger partial charge >= 0.3 is 0 Å². The van der Waals surface area contributed by atoms with Crippen LogP contribution in [0.25, 0.3) is 0 Å². The van der Waals surface area contributed by atoms with Crippen LogP contribution >= 0.6 is 0 Å². The van der Waals surface area contributed by atoms with Gasteiger partial charge in [0, 0.05) is 24.0 Å². The molecule has 0 radical (unpaired) electrons. The summed E-state index contributed by atoms with van der Waals surface area (Å²) in [5.74, 6) is -0.553. The van der Waals surface area contributed by atoms with Gasteiger partial charge in [-0.3, -0.25) is 9.78 Å². The number of pyridine rings is 1. The van der Waals surface area contributed by atoms with Gasteiger partial charge in [0.25, 0.3) is 5.91 Å². The maximum atomic E-state index is 12.4. The van der Waals surface area contributed by atoms with E-state index in [0.717, 1.165) is 5.56 Å². The Kier molecular flexibility index (Phi) is 5.82. The lowest BCUT2D eigenvalue weighted by Gasteiger charge is -2.14. The van der Waals surface area contributed by atoms with Crippen molar-refractivity contribution in [2.45, 2.75) is 30.3 Å². The van der Waals surface area contributed by atoms with Crippen molar-refractivity contribution in [3.63, 3.8) is 0 Å². The number of carbonyl (C=O) groups is 1. The lowest BCUT2D eigenvalue weighted by Crippen LogP contribution is -2.35. The summed E-state index contributed by atoms with van der Waals surface area (Å²) in [6.45, 7) is 1.83. The van der Waals surface area contributed by atoms with Crippen LogP contribution in [0.5, 0.6) is 0 Å². The number of sulfonamides is 1. The largest absolute Gasteiger partial charge is 0.345 e. The van der Waals surface area contributed by atoms with E-state index >= 15 is 0 Å². The normalized spacial score (nSPS) is 19.8. The second-order valence-corrected chi connectivity index (χ2v) is 10.7. The van der Waals surface area contributed by atoms with Crippen LogP contribution in [0.3, 0.4) is 0 Å². The van der Waals surface area contributed by atoms with Crippen LogP contribution in [0.15, 0.2) is 53.7 Å². The molecule has 2 aromatic rings. The van der Waals surface area contributed by atoms with Gasteiger partial charge in [0.15, 0.2) is 9.84 Å². The number of hydrogen-bond donors (Lipinski definition) is 2. The highest BCUT2D eigenvalue weighted by Gasteiger charge is 2.31. The van der Waals surface area contributed by atoms with Gasteiger partial charge in [-0.05, 0) is 49.2 Å². The fourth-order valence-electron chi connectivity index (χ4n) is 2.96. The predicted octanol–water partition coefficient (Wildman–Crippen LogP) is 1.04. The Balaban J connectivity index is 1.66. The second-order valence-electron chi connectivity index (χ2n) is 6.73. The zero-order valence-corrected chi connectivity index (χ0v) is 16.8. The lowest BCUT2D eigenvalue weighted by atomic mass is 10.1. The zero-order valence-electron chi connectivity index (χ0n) is 15.2. The second kappa shape index (κ2) is 7.98. The highest BCUT2D eigenvalue weighted by molar-refractivity contribution is 7.92. The molecule has 28 heavy (non-hydrogen) atoms. The van der Waals surface area contributed by atoms with Gasteiger partial charge in [0.05, 0.1) is 22.4 Å². The molecule has 1 aliphatic rings. The first kappa shape index (κ1) is 20.4. The SMILES string of the molecule is CC(NC(=O)c1ccc(S(=O)(=O)NC2CCS(=O)(=O)C2)cc1)c1cccnc1. The molecular weight excluding hydrogens is 402 g/mol. The van der Waals surface area contributed by atoms with Gasteiger partial charge in [0.2, 0.25) is 10.0 Å². The molecule has 10 heteroatoms. The third-order valence-corrected chi connectivity index (χ3v) is 7.82. The quantitative estimate of drug-likeness (QED) is 0.716.